The van der Waals surface area contributed by atoms with Crippen molar-refractivity contribution in [2.75, 3.05) is 33.0 Å². The fraction of sp³-hybridized carbons (Fsp3) is 0.896. The summed E-state index contributed by atoms with van der Waals surface area (Å²) in [7, 11) is 0. The quantitative estimate of drug-likeness (QED) is 0.0171. The van der Waals surface area contributed by atoms with E-state index in [1.165, 1.54) is 205 Å². The molecule has 0 saturated carbocycles. The van der Waals surface area contributed by atoms with Crippen molar-refractivity contribution in [1.29, 1.82) is 0 Å². The van der Waals surface area contributed by atoms with Gasteiger partial charge in [0.15, 0.2) is 12.6 Å². The van der Waals surface area contributed by atoms with Gasteiger partial charge in [0.25, 0.3) is 0 Å². The molecule has 2 rings (SSSR count). The summed E-state index contributed by atoms with van der Waals surface area (Å²) in [6.45, 7) is 3.73. The standard InChI is InChI=1S/C67H124O14/c1-3-5-7-9-11-13-15-17-19-21-23-25-26-27-28-29-31-33-35-37-39-41-43-45-47-49-51-76-53-56(54-77-66-65(75)63(73)61(71)58(81-66)55-78-67-64(74)62(72)60(70)57(52-68)80-67)79-59(69)50-48-46-44-42-40-38-36-34-32-30-24-22-20-18-16-14-12-10-8-6-4-2/h16,18,21-24,56-58,60-68,70-75H,3-15,17,19-20,25-55H2,1-2H3/b18-16-,23-21-,24-22-. The van der Waals surface area contributed by atoms with E-state index >= 15 is 0 Å². The summed E-state index contributed by atoms with van der Waals surface area (Å²) in [6, 6.07) is 0. The monoisotopic (exact) mass is 1150 g/mol. The van der Waals surface area contributed by atoms with Crippen LogP contribution in [0.3, 0.4) is 0 Å². The predicted molar refractivity (Wildman–Crippen MR) is 326 cm³/mol. The van der Waals surface area contributed by atoms with E-state index in [1.54, 1.807) is 0 Å². The van der Waals surface area contributed by atoms with E-state index in [-0.39, 0.29) is 25.6 Å². The molecule has 2 aliphatic rings. The van der Waals surface area contributed by atoms with Gasteiger partial charge in [0, 0.05) is 13.0 Å². The number of aliphatic hydroxyl groups excluding tert-OH is 7. The minimum Gasteiger partial charge on any atom is -0.457 e. The number of ether oxygens (including phenoxy) is 6. The normalized spacial score (nSPS) is 23.9. The van der Waals surface area contributed by atoms with Crippen molar-refractivity contribution in [2.24, 2.45) is 0 Å². The second kappa shape index (κ2) is 53.7. The van der Waals surface area contributed by atoms with E-state index in [0.29, 0.717) is 13.0 Å². The highest BCUT2D eigenvalue weighted by molar-refractivity contribution is 5.69. The molecule has 0 aromatic heterocycles. The summed E-state index contributed by atoms with van der Waals surface area (Å²) in [5, 5.41) is 72.5. The highest BCUT2D eigenvalue weighted by Crippen LogP contribution is 2.27. The first-order valence-corrected chi connectivity index (χ1v) is 33.6. The third-order valence-electron chi connectivity index (χ3n) is 16.1. The van der Waals surface area contributed by atoms with Gasteiger partial charge in [-0.15, -0.1) is 0 Å². The summed E-state index contributed by atoms with van der Waals surface area (Å²) in [5.41, 5.74) is 0. The molecule has 0 radical (unpaired) electrons. The highest BCUT2D eigenvalue weighted by atomic mass is 16.7. The van der Waals surface area contributed by atoms with Crippen LogP contribution in [-0.2, 0) is 33.2 Å². The molecule has 0 spiro atoms. The van der Waals surface area contributed by atoms with Gasteiger partial charge in [-0.3, -0.25) is 4.79 Å². The Morgan fingerprint density at radius 2 is 0.765 bits per heavy atom. The molecule has 0 bridgehead atoms. The van der Waals surface area contributed by atoms with Crippen LogP contribution in [-0.4, -0.2) is 142 Å². The number of carbonyl (C=O) groups is 1. The van der Waals surface area contributed by atoms with Gasteiger partial charge in [-0.05, 0) is 70.6 Å². The molecule has 11 unspecified atom stereocenters. The Kier molecular flexibility index (Phi) is 49.9. The van der Waals surface area contributed by atoms with Gasteiger partial charge < -0.3 is 64.2 Å². The zero-order chi connectivity index (χ0) is 58.6. The van der Waals surface area contributed by atoms with Gasteiger partial charge in [0.05, 0.1) is 26.4 Å². The number of esters is 1. The van der Waals surface area contributed by atoms with Crippen LogP contribution in [0.15, 0.2) is 36.5 Å². The molecule has 0 amide bonds. The Balaban J connectivity index is 1.65. The third kappa shape index (κ3) is 39.5. The Bertz CT molecular complexity index is 1480. The molecule has 7 N–H and O–H groups in total. The van der Waals surface area contributed by atoms with Crippen molar-refractivity contribution >= 4 is 5.97 Å². The molecule has 2 aliphatic heterocycles. The summed E-state index contributed by atoms with van der Waals surface area (Å²) < 4.78 is 34.5. The van der Waals surface area contributed by atoms with E-state index in [4.69, 9.17) is 28.4 Å². The van der Waals surface area contributed by atoms with Crippen molar-refractivity contribution in [2.45, 2.75) is 351 Å². The van der Waals surface area contributed by atoms with Crippen LogP contribution in [0.25, 0.3) is 0 Å². The Hall–Kier alpha value is -1.79. The van der Waals surface area contributed by atoms with E-state index in [0.717, 1.165) is 51.4 Å². The molecule has 14 nitrogen and oxygen atoms in total. The Labute approximate surface area is 493 Å². The average Bonchev–Trinajstić information content (AvgIpc) is 3.46. The molecule has 2 heterocycles. The fourth-order valence-corrected chi connectivity index (χ4v) is 10.7. The first kappa shape index (κ1) is 75.3. The summed E-state index contributed by atoms with van der Waals surface area (Å²) in [4.78, 5) is 13.1. The van der Waals surface area contributed by atoms with Gasteiger partial charge in [0.2, 0.25) is 0 Å². The van der Waals surface area contributed by atoms with Crippen molar-refractivity contribution in [3.05, 3.63) is 36.5 Å². The summed E-state index contributed by atoms with van der Waals surface area (Å²) in [5.74, 6) is -0.375. The number of aliphatic hydroxyl groups is 7. The molecule has 0 aromatic rings. The number of hydrogen-bond donors (Lipinski definition) is 7. The van der Waals surface area contributed by atoms with Gasteiger partial charge >= 0.3 is 5.97 Å². The predicted octanol–water partition coefficient (Wildman–Crippen LogP) is 13.6. The smallest absolute Gasteiger partial charge is 0.306 e. The second-order valence-electron chi connectivity index (χ2n) is 23.6. The summed E-state index contributed by atoms with van der Waals surface area (Å²) >= 11 is 0. The first-order valence-electron chi connectivity index (χ1n) is 33.6. The van der Waals surface area contributed by atoms with Gasteiger partial charge in [-0.25, -0.2) is 0 Å². The lowest BCUT2D eigenvalue weighted by Crippen LogP contribution is -2.61. The molecule has 0 aliphatic carbocycles. The maximum atomic E-state index is 13.1. The van der Waals surface area contributed by atoms with Crippen molar-refractivity contribution in [1.82, 2.24) is 0 Å². The van der Waals surface area contributed by atoms with Crippen LogP contribution in [0.2, 0.25) is 0 Å². The number of allylic oxidation sites excluding steroid dienone is 6. The van der Waals surface area contributed by atoms with Crippen LogP contribution >= 0.6 is 0 Å². The maximum absolute atomic E-state index is 13.1. The molecular formula is C67H124O14. The molecule has 2 fully saturated rings. The molecule has 2 saturated heterocycles. The zero-order valence-electron chi connectivity index (χ0n) is 51.5. The van der Waals surface area contributed by atoms with E-state index in [2.05, 4.69) is 50.3 Å². The lowest BCUT2D eigenvalue weighted by molar-refractivity contribution is -0.332. The number of carbonyl (C=O) groups excluding carboxylic acids is 1. The van der Waals surface area contributed by atoms with Crippen LogP contribution < -0.4 is 0 Å². The van der Waals surface area contributed by atoms with Crippen LogP contribution in [0.4, 0.5) is 0 Å². The zero-order valence-corrected chi connectivity index (χ0v) is 51.5. The Morgan fingerprint density at radius 1 is 0.407 bits per heavy atom. The van der Waals surface area contributed by atoms with Gasteiger partial charge in [-0.1, -0.05) is 243 Å². The van der Waals surface area contributed by atoms with Crippen LogP contribution in [0, 0.1) is 0 Å². The van der Waals surface area contributed by atoms with Crippen molar-refractivity contribution in [3.63, 3.8) is 0 Å². The van der Waals surface area contributed by atoms with Crippen molar-refractivity contribution < 1.29 is 69.0 Å². The van der Waals surface area contributed by atoms with Gasteiger partial charge in [-0.2, -0.15) is 0 Å². The summed E-state index contributed by atoms with van der Waals surface area (Å²) in [6.07, 6.45) is 49.3. The second-order valence-corrected chi connectivity index (χ2v) is 23.6. The van der Waals surface area contributed by atoms with E-state index < -0.39 is 80.7 Å². The topological polar surface area (TPSA) is 214 Å². The molecule has 81 heavy (non-hydrogen) atoms. The molecule has 0 aromatic carbocycles. The third-order valence-corrected chi connectivity index (χ3v) is 16.1. The lowest BCUT2D eigenvalue weighted by Gasteiger charge is -2.42. The minimum atomic E-state index is -1.71. The number of hydrogen-bond acceptors (Lipinski definition) is 14. The highest BCUT2D eigenvalue weighted by Gasteiger charge is 2.47. The lowest BCUT2D eigenvalue weighted by atomic mass is 9.98. The molecular weight excluding hydrogens is 1030 g/mol. The maximum Gasteiger partial charge on any atom is 0.306 e. The average molecular weight is 1150 g/mol. The van der Waals surface area contributed by atoms with E-state index in [1.807, 2.05) is 0 Å². The Morgan fingerprint density at radius 3 is 1.20 bits per heavy atom. The largest absolute Gasteiger partial charge is 0.457 e. The molecule has 476 valence electrons. The van der Waals surface area contributed by atoms with Crippen molar-refractivity contribution in [3.8, 4) is 0 Å². The number of rotatable bonds is 56. The molecule has 11 atom stereocenters. The van der Waals surface area contributed by atoms with E-state index in [9.17, 15) is 40.5 Å². The van der Waals surface area contributed by atoms with Crippen LogP contribution in [0.5, 0.6) is 0 Å². The van der Waals surface area contributed by atoms with Gasteiger partial charge in [0.1, 0.15) is 54.9 Å². The SMILES string of the molecule is CCCCCCC/C=C\C/C=C\CCCCCCCCCCCC(=O)OC(COCCCCCCCCCCCCCCCC/C=C\CCCCCCCCCC)COC1OC(COC2OC(CO)C(O)C(O)C2O)C(O)C(O)C1O. The number of unbranched alkanes of at least 4 members (excludes halogenated alkanes) is 36. The fourth-order valence-electron chi connectivity index (χ4n) is 10.7. The minimum absolute atomic E-state index is 0.0626. The first-order chi connectivity index (χ1) is 39.6. The van der Waals surface area contributed by atoms with Crippen LogP contribution in [0.1, 0.15) is 284 Å². The molecule has 14 heteroatoms.